The van der Waals surface area contributed by atoms with Crippen LogP contribution in [0.25, 0.3) is 0 Å². The zero-order valence-corrected chi connectivity index (χ0v) is 17.7. The molecule has 33 heavy (non-hydrogen) atoms. The van der Waals surface area contributed by atoms with E-state index >= 15 is 0 Å². The lowest BCUT2D eigenvalue weighted by Crippen LogP contribution is -2.49. The maximum absolute atomic E-state index is 12.7. The van der Waals surface area contributed by atoms with Crippen molar-refractivity contribution in [3.8, 4) is 5.75 Å². The SMILES string of the molecule is Cc1ccnc(Nc2ccc(N3CCN(C(=O)c4cccc(OC(F)(F)F)c4)CC3)nn2)c1. The average Bonchev–Trinajstić information content (AvgIpc) is 2.78. The van der Waals surface area contributed by atoms with Gasteiger partial charge in [0.1, 0.15) is 11.6 Å². The van der Waals surface area contributed by atoms with Gasteiger partial charge in [0.25, 0.3) is 5.91 Å². The first kappa shape index (κ1) is 22.3. The first-order chi connectivity index (χ1) is 15.8. The summed E-state index contributed by atoms with van der Waals surface area (Å²) in [6, 6.07) is 12.5. The number of aryl methyl sites for hydroxylation is 1. The number of benzene rings is 1. The normalized spacial score (nSPS) is 14.2. The molecule has 0 radical (unpaired) electrons. The molecule has 4 rings (SSSR count). The Morgan fingerprint density at radius 2 is 1.79 bits per heavy atom. The van der Waals surface area contributed by atoms with Gasteiger partial charge in [-0.3, -0.25) is 4.79 Å². The van der Waals surface area contributed by atoms with Crippen molar-refractivity contribution in [2.45, 2.75) is 13.3 Å². The van der Waals surface area contributed by atoms with Crippen LogP contribution in [0.3, 0.4) is 0 Å². The molecule has 1 saturated heterocycles. The van der Waals surface area contributed by atoms with E-state index in [2.05, 4.69) is 25.2 Å². The predicted octanol–water partition coefficient (Wildman–Crippen LogP) is 3.78. The molecular weight excluding hydrogens is 437 g/mol. The summed E-state index contributed by atoms with van der Waals surface area (Å²) < 4.78 is 41.2. The van der Waals surface area contributed by atoms with Crippen molar-refractivity contribution in [1.82, 2.24) is 20.1 Å². The van der Waals surface area contributed by atoms with Crippen molar-refractivity contribution in [1.29, 1.82) is 0 Å². The number of nitrogens with zero attached hydrogens (tertiary/aromatic N) is 5. The highest BCUT2D eigenvalue weighted by Gasteiger charge is 2.31. The Kier molecular flexibility index (Phi) is 6.29. The summed E-state index contributed by atoms with van der Waals surface area (Å²) in [5.41, 5.74) is 1.22. The summed E-state index contributed by atoms with van der Waals surface area (Å²) >= 11 is 0. The Bertz CT molecular complexity index is 1120. The molecule has 172 valence electrons. The highest BCUT2D eigenvalue weighted by atomic mass is 19.4. The Morgan fingerprint density at radius 3 is 2.45 bits per heavy atom. The summed E-state index contributed by atoms with van der Waals surface area (Å²) in [5.74, 6) is 1.14. The topological polar surface area (TPSA) is 83.5 Å². The first-order valence-electron chi connectivity index (χ1n) is 10.2. The fourth-order valence-corrected chi connectivity index (χ4v) is 3.44. The number of anilines is 3. The summed E-state index contributed by atoms with van der Waals surface area (Å²) in [7, 11) is 0. The number of hydrogen-bond acceptors (Lipinski definition) is 7. The van der Waals surface area contributed by atoms with E-state index in [4.69, 9.17) is 0 Å². The molecule has 1 fully saturated rings. The third-order valence-electron chi connectivity index (χ3n) is 5.03. The number of piperazine rings is 1. The van der Waals surface area contributed by atoms with Gasteiger partial charge in [-0.1, -0.05) is 6.07 Å². The van der Waals surface area contributed by atoms with Crippen LogP contribution < -0.4 is 15.0 Å². The molecule has 0 spiro atoms. The molecule has 3 heterocycles. The second-order valence-electron chi connectivity index (χ2n) is 7.48. The van der Waals surface area contributed by atoms with Gasteiger partial charge in [0, 0.05) is 37.9 Å². The minimum atomic E-state index is -4.81. The Labute approximate surface area is 188 Å². The lowest BCUT2D eigenvalue weighted by molar-refractivity contribution is -0.274. The van der Waals surface area contributed by atoms with Crippen molar-refractivity contribution in [2.24, 2.45) is 0 Å². The van der Waals surface area contributed by atoms with Gasteiger partial charge in [-0.25, -0.2) is 4.98 Å². The molecule has 8 nitrogen and oxygen atoms in total. The van der Waals surface area contributed by atoms with E-state index in [0.717, 1.165) is 17.7 Å². The van der Waals surface area contributed by atoms with E-state index in [0.29, 0.717) is 43.6 Å². The monoisotopic (exact) mass is 458 g/mol. The highest BCUT2D eigenvalue weighted by Crippen LogP contribution is 2.24. The van der Waals surface area contributed by atoms with E-state index in [1.54, 1.807) is 17.2 Å². The van der Waals surface area contributed by atoms with Crippen LogP contribution in [-0.2, 0) is 0 Å². The summed E-state index contributed by atoms with van der Waals surface area (Å²) in [6.07, 6.45) is -3.10. The maximum atomic E-state index is 12.7. The van der Waals surface area contributed by atoms with Crippen molar-refractivity contribution < 1.29 is 22.7 Å². The van der Waals surface area contributed by atoms with Crippen LogP contribution >= 0.6 is 0 Å². The fourth-order valence-electron chi connectivity index (χ4n) is 3.44. The number of hydrogen-bond donors (Lipinski definition) is 1. The molecule has 1 aromatic carbocycles. The third-order valence-corrected chi connectivity index (χ3v) is 5.03. The Balaban J connectivity index is 1.34. The van der Waals surface area contributed by atoms with E-state index in [-0.39, 0.29) is 11.5 Å². The number of rotatable bonds is 5. The third kappa shape index (κ3) is 5.88. The fraction of sp³-hybridized carbons (Fsp3) is 0.273. The second-order valence-corrected chi connectivity index (χ2v) is 7.48. The van der Waals surface area contributed by atoms with Gasteiger partial charge in [-0.05, 0) is 55.0 Å². The number of halogens is 3. The zero-order chi connectivity index (χ0) is 23.4. The van der Waals surface area contributed by atoms with Gasteiger partial charge >= 0.3 is 6.36 Å². The van der Waals surface area contributed by atoms with Gasteiger partial charge in [-0.15, -0.1) is 23.4 Å². The molecule has 0 unspecified atom stereocenters. The number of pyridine rings is 1. The lowest BCUT2D eigenvalue weighted by atomic mass is 10.1. The molecule has 3 aromatic rings. The quantitative estimate of drug-likeness (QED) is 0.623. The molecule has 1 N–H and O–H groups in total. The van der Waals surface area contributed by atoms with Crippen molar-refractivity contribution >= 4 is 23.4 Å². The molecule has 0 aliphatic carbocycles. The van der Waals surface area contributed by atoms with Crippen LogP contribution in [0.5, 0.6) is 5.75 Å². The van der Waals surface area contributed by atoms with Crippen LogP contribution in [0.4, 0.5) is 30.6 Å². The molecule has 1 amide bonds. The molecule has 0 saturated carbocycles. The second kappa shape index (κ2) is 9.31. The minimum Gasteiger partial charge on any atom is -0.406 e. The van der Waals surface area contributed by atoms with Crippen LogP contribution in [-0.4, -0.2) is 58.5 Å². The van der Waals surface area contributed by atoms with Crippen molar-refractivity contribution in [3.63, 3.8) is 0 Å². The van der Waals surface area contributed by atoms with Crippen LogP contribution in [0.15, 0.2) is 54.7 Å². The highest BCUT2D eigenvalue weighted by molar-refractivity contribution is 5.94. The number of amides is 1. The molecule has 0 bridgehead atoms. The Hall–Kier alpha value is -3.89. The molecule has 11 heteroatoms. The van der Waals surface area contributed by atoms with Gasteiger partial charge in [-0.2, -0.15) is 0 Å². The standard InChI is InChI=1S/C22H21F3N6O2/c1-15-7-8-26-19(13-15)27-18-5-6-20(29-28-18)30-9-11-31(12-10-30)21(32)16-3-2-4-17(14-16)33-22(23,24)25/h2-8,13-14H,9-12H2,1H3,(H,26,27,28). The predicted molar refractivity (Wildman–Crippen MR) is 116 cm³/mol. The number of carbonyl (C=O) groups excluding carboxylic acids is 1. The molecule has 0 atom stereocenters. The maximum Gasteiger partial charge on any atom is 0.573 e. The number of aromatic nitrogens is 3. The van der Waals surface area contributed by atoms with Crippen molar-refractivity contribution in [3.05, 3.63) is 65.9 Å². The molecule has 1 aliphatic heterocycles. The summed E-state index contributed by atoms with van der Waals surface area (Å²) in [4.78, 5) is 20.5. The number of nitrogens with one attached hydrogen (secondary N) is 1. The van der Waals surface area contributed by atoms with E-state index in [9.17, 15) is 18.0 Å². The van der Waals surface area contributed by atoms with Gasteiger partial charge < -0.3 is 19.9 Å². The van der Waals surface area contributed by atoms with E-state index in [1.807, 2.05) is 30.0 Å². The smallest absolute Gasteiger partial charge is 0.406 e. The average molecular weight is 458 g/mol. The molecule has 2 aromatic heterocycles. The van der Waals surface area contributed by atoms with Gasteiger partial charge in [0.05, 0.1) is 0 Å². The van der Waals surface area contributed by atoms with Crippen LogP contribution in [0, 0.1) is 6.92 Å². The number of carbonyl (C=O) groups is 1. The first-order valence-corrected chi connectivity index (χ1v) is 10.2. The van der Waals surface area contributed by atoms with Crippen LogP contribution in [0.1, 0.15) is 15.9 Å². The number of ether oxygens (including phenoxy) is 1. The van der Waals surface area contributed by atoms with Crippen molar-refractivity contribution in [2.75, 3.05) is 36.4 Å². The molecule has 1 aliphatic rings. The van der Waals surface area contributed by atoms with Gasteiger partial charge in [0.2, 0.25) is 0 Å². The lowest BCUT2D eigenvalue weighted by Gasteiger charge is -2.35. The van der Waals surface area contributed by atoms with E-state index < -0.39 is 12.1 Å². The van der Waals surface area contributed by atoms with Crippen LogP contribution in [0.2, 0.25) is 0 Å². The zero-order valence-electron chi connectivity index (χ0n) is 17.7. The Morgan fingerprint density at radius 1 is 1.00 bits per heavy atom. The summed E-state index contributed by atoms with van der Waals surface area (Å²) in [6.45, 7) is 3.81. The number of alkyl halides is 3. The van der Waals surface area contributed by atoms with E-state index in [1.165, 1.54) is 12.1 Å². The largest absolute Gasteiger partial charge is 0.573 e. The summed E-state index contributed by atoms with van der Waals surface area (Å²) in [5, 5.41) is 11.5. The van der Waals surface area contributed by atoms with Gasteiger partial charge in [0.15, 0.2) is 11.6 Å². The minimum absolute atomic E-state index is 0.144. The molecular formula is C22H21F3N6O2.